The third kappa shape index (κ3) is 3.28. The minimum Gasteiger partial charge on any atom is -0.341 e. The Balaban J connectivity index is 1.50. The molecule has 1 fully saturated rings. The Hall–Kier alpha value is -2.50. The second kappa shape index (κ2) is 7.08. The van der Waals surface area contributed by atoms with E-state index in [4.69, 9.17) is 4.98 Å². The molecule has 29 heavy (non-hydrogen) atoms. The predicted molar refractivity (Wildman–Crippen MR) is 122 cm³/mol. The fourth-order valence-electron chi connectivity index (χ4n) is 4.33. The van der Waals surface area contributed by atoms with Crippen molar-refractivity contribution in [2.24, 2.45) is 0 Å². The zero-order chi connectivity index (χ0) is 20.1. The van der Waals surface area contributed by atoms with Gasteiger partial charge in [0.2, 0.25) is 0 Å². The first-order valence-corrected chi connectivity index (χ1v) is 11.0. The monoisotopic (exact) mass is 402 g/mol. The van der Waals surface area contributed by atoms with Crippen molar-refractivity contribution >= 4 is 27.7 Å². The molecule has 2 atom stereocenters. The molecule has 0 amide bonds. The highest BCUT2D eigenvalue weighted by Gasteiger charge is 2.38. The Morgan fingerprint density at radius 1 is 1.17 bits per heavy atom. The van der Waals surface area contributed by atoms with Crippen LogP contribution < -0.4 is 0 Å². The van der Waals surface area contributed by atoms with E-state index in [1.54, 1.807) is 0 Å². The van der Waals surface area contributed by atoms with Gasteiger partial charge < -0.3 is 4.98 Å². The average Bonchev–Trinajstić information content (AvgIpc) is 3.38. The molecule has 0 saturated carbocycles. The van der Waals surface area contributed by atoms with Crippen molar-refractivity contribution in [2.45, 2.75) is 38.6 Å². The first kappa shape index (κ1) is 18.5. The van der Waals surface area contributed by atoms with Gasteiger partial charge in [-0.25, -0.2) is 9.99 Å². The van der Waals surface area contributed by atoms with Gasteiger partial charge in [0, 0.05) is 17.6 Å². The number of thioether (sulfide) groups is 1. The molecule has 1 unspecified atom stereocenters. The van der Waals surface area contributed by atoms with E-state index in [0.29, 0.717) is 5.37 Å². The van der Waals surface area contributed by atoms with Crippen LogP contribution in [-0.4, -0.2) is 31.9 Å². The van der Waals surface area contributed by atoms with Gasteiger partial charge in [-0.1, -0.05) is 65.9 Å². The summed E-state index contributed by atoms with van der Waals surface area (Å²) in [6.07, 6.45) is 3.23. The number of nitrogens with zero attached hydrogens (tertiary/aromatic N) is 3. The summed E-state index contributed by atoms with van der Waals surface area (Å²) in [5, 5.41) is 5.14. The number of rotatable bonds is 3. The van der Waals surface area contributed by atoms with E-state index in [2.05, 4.69) is 91.0 Å². The molecule has 5 heteroatoms. The highest BCUT2D eigenvalue weighted by Crippen LogP contribution is 2.44. The molecule has 4 nitrogen and oxygen atoms in total. The van der Waals surface area contributed by atoms with Gasteiger partial charge in [0.15, 0.2) is 0 Å². The lowest BCUT2D eigenvalue weighted by Crippen LogP contribution is -2.41. The van der Waals surface area contributed by atoms with Crippen LogP contribution in [0, 0.1) is 13.8 Å². The first-order valence-electron chi connectivity index (χ1n) is 10.1. The maximum absolute atomic E-state index is 4.97. The second-order valence-electron chi connectivity index (χ2n) is 8.12. The summed E-state index contributed by atoms with van der Waals surface area (Å²) in [6.45, 7) is 11.7. The molecule has 1 N–H and O–H groups in total. The smallest absolute Gasteiger partial charge is 0.126 e. The van der Waals surface area contributed by atoms with Crippen LogP contribution in [0.25, 0.3) is 15.9 Å². The summed E-state index contributed by atoms with van der Waals surface area (Å²) < 4.78 is 0. The van der Waals surface area contributed by atoms with Gasteiger partial charge in [-0.3, -0.25) is 5.01 Å². The number of aromatic nitrogens is 2. The van der Waals surface area contributed by atoms with E-state index in [1.807, 2.05) is 11.8 Å². The lowest BCUT2D eigenvalue weighted by atomic mass is 10.1. The molecular formula is C24H26N4S. The van der Waals surface area contributed by atoms with Gasteiger partial charge in [0.05, 0.1) is 22.4 Å². The van der Waals surface area contributed by atoms with Crippen LogP contribution in [0.5, 0.6) is 0 Å². The number of fused-ring (bicyclic) bond motifs is 1. The summed E-state index contributed by atoms with van der Waals surface area (Å²) in [6, 6.07) is 15.2. The highest BCUT2D eigenvalue weighted by atomic mass is 32.2. The number of nitrogens with one attached hydrogen (secondary N) is 1. The van der Waals surface area contributed by atoms with E-state index in [-0.39, 0.29) is 6.04 Å². The Kier molecular flexibility index (Phi) is 4.52. The maximum atomic E-state index is 4.97. The molecule has 2 aliphatic heterocycles. The SMILES string of the molecule is C=C1C[C@@H](c2nc3c(C)cccc3[nH]2)N(N2C=C(c3cccc(C)c3)SC2C)C1. The number of hydrazine groups is 1. The molecule has 3 heterocycles. The average molecular weight is 403 g/mol. The predicted octanol–water partition coefficient (Wildman–Crippen LogP) is 5.79. The molecule has 0 aliphatic carbocycles. The van der Waals surface area contributed by atoms with E-state index in [9.17, 15) is 0 Å². The third-order valence-corrected chi connectivity index (χ3v) is 6.95. The molecule has 2 aliphatic rings. The molecule has 0 radical (unpaired) electrons. The Morgan fingerprint density at radius 3 is 2.79 bits per heavy atom. The quantitative estimate of drug-likeness (QED) is 0.562. The topological polar surface area (TPSA) is 35.2 Å². The molecule has 3 aromatic rings. The molecule has 2 aromatic carbocycles. The van der Waals surface area contributed by atoms with Crippen LogP contribution in [-0.2, 0) is 0 Å². The minimum atomic E-state index is 0.186. The van der Waals surface area contributed by atoms with Crippen molar-refractivity contribution in [3.05, 3.63) is 83.3 Å². The normalized spacial score (nSPS) is 22.7. The summed E-state index contributed by atoms with van der Waals surface area (Å²) >= 11 is 1.91. The number of hydrogen-bond donors (Lipinski definition) is 1. The lowest BCUT2D eigenvalue weighted by molar-refractivity contribution is 0.00422. The highest BCUT2D eigenvalue weighted by molar-refractivity contribution is 8.09. The van der Waals surface area contributed by atoms with E-state index >= 15 is 0 Å². The number of para-hydroxylation sites is 1. The second-order valence-corrected chi connectivity index (χ2v) is 9.48. The largest absolute Gasteiger partial charge is 0.341 e. The molecule has 1 saturated heterocycles. The molecule has 148 valence electrons. The van der Waals surface area contributed by atoms with Crippen molar-refractivity contribution in [1.82, 2.24) is 20.0 Å². The number of imidazole rings is 1. The molecule has 0 spiro atoms. The van der Waals surface area contributed by atoms with Crippen LogP contribution in [0.2, 0.25) is 0 Å². The van der Waals surface area contributed by atoms with Crippen LogP contribution in [0.15, 0.2) is 60.8 Å². The number of aryl methyl sites for hydroxylation is 2. The van der Waals surface area contributed by atoms with Gasteiger partial charge in [-0.15, -0.1) is 0 Å². The van der Waals surface area contributed by atoms with Gasteiger partial charge in [0.25, 0.3) is 0 Å². The van der Waals surface area contributed by atoms with Gasteiger partial charge in [-0.05, 0) is 44.4 Å². The molecule has 0 bridgehead atoms. The van der Waals surface area contributed by atoms with Crippen LogP contribution >= 0.6 is 11.8 Å². The summed E-state index contributed by atoms with van der Waals surface area (Å²) in [4.78, 5) is 9.86. The Morgan fingerprint density at radius 2 is 2.00 bits per heavy atom. The van der Waals surface area contributed by atoms with E-state index in [1.165, 1.54) is 27.2 Å². The Bertz CT molecular complexity index is 1130. The fourth-order valence-corrected chi connectivity index (χ4v) is 5.42. The van der Waals surface area contributed by atoms with Gasteiger partial charge >= 0.3 is 0 Å². The molecule has 1 aromatic heterocycles. The van der Waals surface area contributed by atoms with E-state index < -0.39 is 0 Å². The number of benzene rings is 2. The zero-order valence-corrected chi connectivity index (χ0v) is 18.0. The molecule has 5 rings (SSSR count). The van der Waals surface area contributed by atoms with Crippen molar-refractivity contribution in [3.8, 4) is 0 Å². The maximum Gasteiger partial charge on any atom is 0.126 e. The Labute approximate surface area is 176 Å². The number of hydrogen-bond acceptors (Lipinski definition) is 4. The zero-order valence-electron chi connectivity index (χ0n) is 17.1. The standard InChI is InChI=1S/C24H26N4S/c1-15-7-5-9-19(11-15)22-14-27(18(4)29-22)28-13-16(2)12-21(28)24-25-20-10-6-8-17(3)23(20)26-24/h5-11,14,18,21H,2,12-13H2,1,3-4H3,(H,25,26)/t18?,21-/m0/s1. The van der Waals surface area contributed by atoms with E-state index in [0.717, 1.165) is 29.8 Å². The minimum absolute atomic E-state index is 0.186. The van der Waals surface area contributed by atoms with Crippen molar-refractivity contribution < 1.29 is 0 Å². The summed E-state index contributed by atoms with van der Waals surface area (Å²) in [7, 11) is 0. The van der Waals surface area contributed by atoms with Crippen molar-refractivity contribution in [1.29, 1.82) is 0 Å². The number of aromatic amines is 1. The van der Waals surface area contributed by atoms with Gasteiger partial charge in [-0.2, -0.15) is 0 Å². The van der Waals surface area contributed by atoms with Crippen molar-refractivity contribution in [3.63, 3.8) is 0 Å². The van der Waals surface area contributed by atoms with Crippen LogP contribution in [0.4, 0.5) is 0 Å². The number of H-pyrrole nitrogens is 1. The van der Waals surface area contributed by atoms with Gasteiger partial charge in [0.1, 0.15) is 5.82 Å². The lowest BCUT2D eigenvalue weighted by Gasteiger charge is -2.35. The fraction of sp³-hybridized carbons (Fsp3) is 0.292. The van der Waals surface area contributed by atoms with Crippen LogP contribution in [0.3, 0.4) is 0 Å². The summed E-state index contributed by atoms with van der Waals surface area (Å²) in [5.41, 5.74) is 7.22. The van der Waals surface area contributed by atoms with Crippen LogP contribution in [0.1, 0.15) is 41.9 Å². The third-order valence-electron chi connectivity index (χ3n) is 5.79. The van der Waals surface area contributed by atoms with Crippen molar-refractivity contribution in [2.75, 3.05) is 6.54 Å². The molecular weight excluding hydrogens is 376 g/mol. The first-order chi connectivity index (χ1) is 14.0. The summed E-state index contributed by atoms with van der Waals surface area (Å²) in [5.74, 6) is 1.03.